The van der Waals surface area contributed by atoms with Gasteiger partial charge in [0, 0.05) is 18.5 Å². The van der Waals surface area contributed by atoms with E-state index in [-0.39, 0.29) is 11.2 Å². The Morgan fingerprint density at radius 1 is 1.13 bits per heavy atom. The molecule has 0 bridgehead atoms. The van der Waals surface area contributed by atoms with E-state index in [1.54, 1.807) is 0 Å². The molecule has 5 nitrogen and oxygen atoms in total. The summed E-state index contributed by atoms with van der Waals surface area (Å²) in [6.45, 7) is 5.67. The average molecular weight is 347 g/mol. The van der Waals surface area contributed by atoms with Crippen molar-refractivity contribution in [1.82, 2.24) is 9.78 Å². The molecule has 0 spiro atoms. The van der Waals surface area contributed by atoms with Crippen LogP contribution >= 0.6 is 0 Å². The molecule has 1 heterocycles. The predicted octanol–water partition coefficient (Wildman–Crippen LogP) is 2.94. The predicted molar refractivity (Wildman–Crippen MR) is 79.0 cm³/mol. The van der Waals surface area contributed by atoms with Gasteiger partial charge in [-0.3, -0.25) is 9.40 Å². The molecule has 23 heavy (non-hydrogen) atoms. The zero-order valence-corrected chi connectivity index (χ0v) is 13.8. The molecule has 0 unspecified atom stereocenters. The summed E-state index contributed by atoms with van der Waals surface area (Å²) in [7, 11) is -2.92. The minimum atomic E-state index is -4.43. The Bertz CT molecular complexity index is 855. The number of sulfonamides is 1. The van der Waals surface area contributed by atoms with Gasteiger partial charge in [0.1, 0.15) is 10.7 Å². The van der Waals surface area contributed by atoms with Crippen LogP contribution in [-0.4, -0.2) is 18.2 Å². The highest BCUT2D eigenvalue weighted by Gasteiger charge is 2.26. The molecule has 0 radical (unpaired) electrons. The molecule has 0 aliphatic carbocycles. The molecular weight excluding hydrogens is 331 g/mol. The maximum atomic E-state index is 13.7. The highest BCUT2D eigenvalue weighted by molar-refractivity contribution is 7.92. The fourth-order valence-electron chi connectivity index (χ4n) is 1.84. The van der Waals surface area contributed by atoms with E-state index in [1.807, 2.05) is 20.8 Å². The fourth-order valence-corrected chi connectivity index (χ4v) is 2.99. The summed E-state index contributed by atoms with van der Waals surface area (Å²) in [6.07, 6.45) is 0. The molecule has 2 rings (SSSR count). The quantitative estimate of drug-likeness (QED) is 0.869. The van der Waals surface area contributed by atoms with E-state index < -0.39 is 32.4 Å². The van der Waals surface area contributed by atoms with Crippen LogP contribution in [0, 0.1) is 17.5 Å². The summed E-state index contributed by atoms with van der Waals surface area (Å²) in [5.74, 6) is -4.99. The van der Waals surface area contributed by atoms with Crippen LogP contribution in [0.15, 0.2) is 23.1 Å². The molecule has 9 heteroatoms. The monoisotopic (exact) mass is 347 g/mol. The van der Waals surface area contributed by atoms with Crippen LogP contribution in [-0.2, 0) is 22.5 Å². The van der Waals surface area contributed by atoms with Crippen molar-refractivity contribution in [1.29, 1.82) is 0 Å². The summed E-state index contributed by atoms with van der Waals surface area (Å²) in [5, 5.41) is 4.18. The fraction of sp³-hybridized carbons (Fsp3) is 0.357. The molecule has 0 fully saturated rings. The Morgan fingerprint density at radius 2 is 1.74 bits per heavy atom. The highest BCUT2D eigenvalue weighted by Crippen LogP contribution is 2.26. The van der Waals surface area contributed by atoms with Crippen LogP contribution in [0.2, 0.25) is 0 Å². The molecule has 0 saturated carbocycles. The molecule has 1 N–H and O–H groups in total. The van der Waals surface area contributed by atoms with Crippen molar-refractivity contribution in [2.45, 2.75) is 31.1 Å². The van der Waals surface area contributed by atoms with Gasteiger partial charge in [0.05, 0.1) is 5.69 Å². The van der Waals surface area contributed by atoms with Gasteiger partial charge in [-0.05, 0) is 12.1 Å². The van der Waals surface area contributed by atoms with Crippen molar-refractivity contribution in [2.75, 3.05) is 4.72 Å². The number of benzene rings is 1. The Labute approximate surface area is 132 Å². The summed E-state index contributed by atoms with van der Waals surface area (Å²) >= 11 is 0. The largest absolute Gasteiger partial charge is 0.266 e. The number of rotatable bonds is 3. The number of hydrogen-bond donors (Lipinski definition) is 1. The second-order valence-electron chi connectivity index (χ2n) is 6.07. The van der Waals surface area contributed by atoms with Gasteiger partial charge >= 0.3 is 0 Å². The molecule has 0 aliphatic rings. The molecule has 0 atom stereocenters. The van der Waals surface area contributed by atoms with E-state index in [0.29, 0.717) is 17.8 Å². The lowest BCUT2D eigenvalue weighted by Crippen LogP contribution is -2.17. The van der Waals surface area contributed by atoms with E-state index in [2.05, 4.69) is 9.82 Å². The number of aryl methyl sites for hydroxylation is 1. The number of anilines is 1. The number of hydrogen-bond acceptors (Lipinski definition) is 3. The molecule has 1 aromatic heterocycles. The first-order valence-electron chi connectivity index (χ1n) is 6.64. The lowest BCUT2D eigenvalue weighted by Gasteiger charge is -2.13. The van der Waals surface area contributed by atoms with Gasteiger partial charge in [-0.2, -0.15) is 5.10 Å². The van der Waals surface area contributed by atoms with Gasteiger partial charge in [0.25, 0.3) is 10.0 Å². The first kappa shape index (κ1) is 17.3. The molecule has 2 aromatic rings. The standard InChI is InChI=1S/C14H16F3N3O2S/c1-14(2,3)10-7-11(20(4)18-10)19-23(21,22)9-6-5-8(15)12(16)13(9)17/h5-7,19H,1-4H3. The summed E-state index contributed by atoms with van der Waals surface area (Å²) in [5.41, 5.74) is 0.290. The number of nitrogens with zero attached hydrogens (tertiary/aromatic N) is 2. The maximum absolute atomic E-state index is 13.7. The lowest BCUT2D eigenvalue weighted by molar-refractivity contribution is 0.432. The summed E-state index contributed by atoms with van der Waals surface area (Å²) < 4.78 is 67.7. The summed E-state index contributed by atoms with van der Waals surface area (Å²) in [4.78, 5) is -0.977. The zero-order chi connectivity index (χ0) is 17.6. The third-order valence-corrected chi connectivity index (χ3v) is 4.55. The lowest BCUT2D eigenvalue weighted by atomic mass is 9.92. The first-order valence-corrected chi connectivity index (χ1v) is 8.12. The van der Waals surface area contributed by atoms with Crippen molar-refractivity contribution in [3.8, 4) is 0 Å². The summed E-state index contributed by atoms with van der Waals surface area (Å²) in [6, 6.07) is 2.71. The van der Waals surface area contributed by atoms with Crippen molar-refractivity contribution in [3.63, 3.8) is 0 Å². The topological polar surface area (TPSA) is 64.0 Å². The first-order chi connectivity index (χ1) is 10.4. The van der Waals surface area contributed by atoms with E-state index in [0.717, 1.165) is 0 Å². The maximum Gasteiger partial charge on any atom is 0.266 e. The van der Waals surface area contributed by atoms with Gasteiger partial charge in [-0.25, -0.2) is 21.6 Å². The van der Waals surface area contributed by atoms with Gasteiger partial charge in [-0.15, -0.1) is 0 Å². The third kappa shape index (κ3) is 3.34. The molecule has 0 saturated heterocycles. The number of aromatic nitrogens is 2. The average Bonchev–Trinajstić information content (AvgIpc) is 2.76. The van der Waals surface area contributed by atoms with Gasteiger partial charge in [-0.1, -0.05) is 20.8 Å². The van der Waals surface area contributed by atoms with Crippen LogP contribution in [0.25, 0.3) is 0 Å². The Balaban J connectivity index is 2.44. The van der Waals surface area contributed by atoms with Crippen LogP contribution in [0.4, 0.5) is 19.0 Å². The number of halogens is 3. The molecule has 0 aliphatic heterocycles. The highest BCUT2D eigenvalue weighted by atomic mass is 32.2. The van der Waals surface area contributed by atoms with Crippen molar-refractivity contribution < 1.29 is 21.6 Å². The van der Waals surface area contributed by atoms with Gasteiger partial charge < -0.3 is 0 Å². The molecular formula is C14H16F3N3O2S. The SMILES string of the molecule is Cn1nc(C(C)(C)C)cc1NS(=O)(=O)c1ccc(F)c(F)c1F. The van der Waals surface area contributed by atoms with Crippen LogP contribution in [0.1, 0.15) is 26.5 Å². The Hall–Kier alpha value is -2.03. The Kier molecular flexibility index (Phi) is 4.18. The zero-order valence-electron chi connectivity index (χ0n) is 13.0. The van der Waals surface area contributed by atoms with E-state index in [9.17, 15) is 21.6 Å². The smallest absolute Gasteiger partial charge is 0.263 e. The van der Waals surface area contributed by atoms with E-state index in [4.69, 9.17) is 0 Å². The molecule has 1 aromatic carbocycles. The van der Waals surface area contributed by atoms with Gasteiger partial charge in [0.15, 0.2) is 17.5 Å². The van der Waals surface area contributed by atoms with Crippen LogP contribution in [0.5, 0.6) is 0 Å². The van der Waals surface area contributed by atoms with Crippen molar-refractivity contribution in [2.24, 2.45) is 7.05 Å². The van der Waals surface area contributed by atoms with Crippen LogP contribution in [0.3, 0.4) is 0 Å². The number of nitrogens with one attached hydrogen (secondary N) is 1. The van der Waals surface area contributed by atoms with E-state index in [1.165, 1.54) is 17.8 Å². The van der Waals surface area contributed by atoms with E-state index >= 15 is 0 Å². The van der Waals surface area contributed by atoms with Crippen molar-refractivity contribution >= 4 is 15.8 Å². The second-order valence-corrected chi connectivity index (χ2v) is 7.72. The second kappa shape index (κ2) is 5.55. The third-order valence-electron chi connectivity index (χ3n) is 3.18. The molecule has 0 amide bonds. The Morgan fingerprint density at radius 3 is 2.26 bits per heavy atom. The normalized spacial score (nSPS) is 12.5. The minimum absolute atomic E-state index is 0.0825. The molecule has 126 valence electrons. The minimum Gasteiger partial charge on any atom is -0.263 e. The van der Waals surface area contributed by atoms with Crippen molar-refractivity contribution in [3.05, 3.63) is 41.3 Å². The van der Waals surface area contributed by atoms with Gasteiger partial charge in [0.2, 0.25) is 0 Å². The van der Waals surface area contributed by atoms with Crippen LogP contribution < -0.4 is 4.72 Å².